The van der Waals surface area contributed by atoms with Crippen LogP contribution in [0.1, 0.15) is 49.0 Å². The van der Waals surface area contributed by atoms with E-state index in [0.29, 0.717) is 5.92 Å². The fourth-order valence-corrected chi connectivity index (χ4v) is 2.93. The Labute approximate surface area is 122 Å². The Bertz CT molecular complexity index is 470. The molecule has 1 saturated heterocycles. The topological polar surface area (TPSA) is 32.3 Å². The number of rotatable bonds is 4. The highest BCUT2D eigenvalue weighted by Crippen LogP contribution is 2.24. The summed E-state index contributed by atoms with van der Waals surface area (Å²) >= 11 is 0. The fourth-order valence-electron chi connectivity index (χ4n) is 2.93. The number of hydrogen-bond donors (Lipinski definition) is 1. The predicted molar refractivity (Wildman–Crippen MR) is 84.3 cm³/mol. The quantitative estimate of drug-likeness (QED) is 0.908. The van der Waals surface area contributed by atoms with Gasteiger partial charge in [0.1, 0.15) is 0 Å². The molecule has 110 valence electrons. The molecule has 20 heavy (non-hydrogen) atoms. The van der Waals surface area contributed by atoms with Gasteiger partial charge >= 0.3 is 0 Å². The van der Waals surface area contributed by atoms with Crippen molar-refractivity contribution in [2.45, 2.75) is 40.0 Å². The third kappa shape index (κ3) is 3.33. The number of nitrogens with zero attached hydrogens (tertiary/aromatic N) is 1. The Morgan fingerprint density at radius 3 is 2.90 bits per heavy atom. The zero-order valence-corrected chi connectivity index (χ0v) is 12.9. The van der Waals surface area contributed by atoms with Crippen LogP contribution in [0.4, 0.5) is 5.69 Å². The minimum atomic E-state index is 0.183. The molecule has 1 aromatic carbocycles. The van der Waals surface area contributed by atoms with Gasteiger partial charge in [-0.1, -0.05) is 25.0 Å². The van der Waals surface area contributed by atoms with E-state index in [9.17, 15) is 4.79 Å². The van der Waals surface area contributed by atoms with Crippen LogP contribution in [0.5, 0.6) is 0 Å². The Balaban J connectivity index is 2.21. The summed E-state index contributed by atoms with van der Waals surface area (Å²) in [5, 5.41) is 3.30. The minimum Gasteiger partial charge on any atom is -0.385 e. The van der Waals surface area contributed by atoms with Crippen LogP contribution < -0.4 is 5.32 Å². The van der Waals surface area contributed by atoms with E-state index in [4.69, 9.17) is 0 Å². The highest BCUT2D eigenvalue weighted by atomic mass is 16.2. The molecule has 1 heterocycles. The zero-order chi connectivity index (χ0) is 14.5. The van der Waals surface area contributed by atoms with Gasteiger partial charge in [-0.05, 0) is 44.7 Å². The lowest BCUT2D eigenvalue weighted by Gasteiger charge is -2.33. The number of anilines is 1. The molecule has 0 saturated carbocycles. The first kappa shape index (κ1) is 14.9. The number of benzene rings is 1. The highest BCUT2D eigenvalue weighted by Gasteiger charge is 2.24. The van der Waals surface area contributed by atoms with Crippen LogP contribution in [0.15, 0.2) is 18.2 Å². The van der Waals surface area contributed by atoms with E-state index in [1.807, 2.05) is 24.0 Å². The maximum absolute atomic E-state index is 12.8. The van der Waals surface area contributed by atoms with Gasteiger partial charge in [0.25, 0.3) is 5.91 Å². The largest absolute Gasteiger partial charge is 0.385 e. The molecule has 1 aromatic rings. The maximum Gasteiger partial charge on any atom is 0.255 e. The first-order valence-electron chi connectivity index (χ1n) is 7.79. The molecule has 3 heteroatoms. The summed E-state index contributed by atoms with van der Waals surface area (Å²) in [5.74, 6) is 0.850. The van der Waals surface area contributed by atoms with E-state index >= 15 is 0 Å². The molecule has 1 amide bonds. The van der Waals surface area contributed by atoms with Crippen LogP contribution >= 0.6 is 0 Å². The summed E-state index contributed by atoms with van der Waals surface area (Å²) in [5.41, 5.74) is 2.92. The van der Waals surface area contributed by atoms with Crippen molar-refractivity contribution in [2.75, 3.05) is 25.0 Å². The van der Waals surface area contributed by atoms with Gasteiger partial charge in [0.15, 0.2) is 0 Å². The summed E-state index contributed by atoms with van der Waals surface area (Å²) in [6.45, 7) is 8.96. The first-order valence-corrected chi connectivity index (χ1v) is 7.79. The first-order chi connectivity index (χ1) is 9.65. The van der Waals surface area contributed by atoms with Crippen molar-refractivity contribution in [2.24, 2.45) is 5.92 Å². The van der Waals surface area contributed by atoms with Gasteiger partial charge in [-0.2, -0.15) is 0 Å². The van der Waals surface area contributed by atoms with E-state index in [-0.39, 0.29) is 5.91 Å². The van der Waals surface area contributed by atoms with Crippen molar-refractivity contribution in [1.29, 1.82) is 0 Å². The van der Waals surface area contributed by atoms with Crippen LogP contribution in [0.3, 0.4) is 0 Å². The smallest absolute Gasteiger partial charge is 0.255 e. The van der Waals surface area contributed by atoms with E-state index in [1.165, 1.54) is 6.42 Å². The van der Waals surface area contributed by atoms with Crippen LogP contribution in [-0.4, -0.2) is 30.4 Å². The maximum atomic E-state index is 12.8. The fraction of sp³-hybridized carbons (Fsp3) is 0.588. The second-order valence-corrected chi connectivity index (χ2v) is 5.75. The van der Waals surface area contributed by atoms with Gasteiger partial charge in [0.2, 0.25) is 0 Å². The molecule has 1 atom stereocenters. The second kappa shape index (κ2) is 6.78. The molecule has 0 aliphatic carbocycles. The lowest BCUT2D eigenvalue weighted by Crippen LogP contribution is -2.40. The van der Waals surface area contributed by atoms with Gasteiger partial charge in [0.05, 0.1) is 5.56 Å². The number of amides is 1. The highest BCUT2D eigenvalue weighted by molar-refractivity contribution is 5.99. The van der Waals surface area contributed by atoms with Gasteiger partial charge in [-0.25, -0.2) is 0 Å². The molecular formula is C17H26N2O. The summed E-state index contributed by atoms with van der Waals surface area (Å²) in [6, 6.07) is 6.09. The normalized spacial score (nSPS) is 18.9. The van der Waals surface area contributed by atoms with Gasteiger partial charge in [0, 0.05) is 25.3 Å². The van der Waals surface area contributed by atoms with Crippen LogP contribution in [0.2, 0.25) is 0 Å². The molecular weight excluding hydrogens is 248 g/mol. The molecule has 0 spiro atoms. The summed E-state index contributed by atoms with van der Waals surface area (Å²) in [4.78, 5) is 14.8. The molecule has 2 rings (SSSR count). The Morgan fingerprint density at radius 1 is 1.40 bits per heavy atom. The average molecular weight is 274 g/mol. The SMILES string of the molecule is CCNc1ccc(C)cc1C(=O)N1CCCC(CC)C1. The molecule has 1 aliphatic rings. The van der Waals surface area contributed by atoms with Crippen molar-refractivity contribution in [1.82, 2.24) is 4.90 Å². The van der Waals surface area contributed by atoms with Crippen molar-refractivity contribution >= 4 is 11.6 Å². The number of carbonyl (C=O) groups excluding carboxylic acids is 1. The third-order valence-electron chi connectivity index (χ3n) is 4.16. The number of carbonyl (C=O) groups is 1. The molecule has 1 N–H and O–H groups in total. The Kier molecular flexibility index (Phi) is 5.05. The van der Waals surface area contributed by atoms with E-state index < -0.39 is 0 Å². The summed E-state index contributed by atoms with van der Waals surface area (Å²) < 4.78 is 0. The summed E-state index contributed by atoms with van der Waals surface area (Å²) in [7, 11) is 0. The van der Waals surface area contributed by atoms with Crippen molar-refractivity contribution in [3.63, 3.8) is 0 Å². The van der Waals surface area contributed by atoms with Gasteiger partial charge in [-0.15, -0.1) is 0 Å². The molecule has 0 bridgehead atoms. The third-order valence-corrected chi connectivity index (χ3v) is 4.16. The van der Waals surface area contributed by atoms with Gasteiger partial charge in [-0.3, -0.25) is 4.79 Å². The van der Waals surface area contributed by atoms with Crippen molar-refractivity contribution < 1.29 is 4.79 Å². The standard InChI is InChI=1S/C17H26N2O/c1-4-14-7-6-10-19(12-14)17(20)15-11-13(3)8-9-16(15)18-5-2/h8-9,11,14,18H,4-7,10,12H2,1-3H3. The molecule has 1 unspecified atom stereocenters. The molecule has 1 fully saturated rings. The second-order valence-electron chi connectivity index (χ2n) is 5.75. The monoisotopic (exact) mass is 274 g/mol. The molecule has 3 nitrogen and oxygen atoms in total. The lowest BCUT2D eigenvalue weighted by atomic mass is 9.95. The molecule has 0 aromatic heterocycles. The van der Waals surface area contributed by atoms with Crippen LogP contribution in [0, 0.1) is 12.8 Å². The van der Waals surface area contributed by atoms with Crippen molar-refractivity contribution in [3.8, 4) is 0 Å². The molecule has 0 radical (unpaired) electrons. The number of aryl methyl sites for hydroxylation is 1. The van der Waals surface area contributed by atoms with Crippen LogP contribution in [0.25, 0.3) is 0 Å². The van der Waals surface area contributed by atoms with E-state index in [0.717, 1.165) is 49.3 Å². The van der Waals surface area contributed by atoms with Gasteiger partial charge < -0.3 is 10.2 Å². The molecule has 1 aliphatic heterocycles. The number of nitrogens with one attached hydrogen (secondary N) is 1. The minimum absolute atomic E-state index is 0.183. The van der Waals surface area contributed by atoms with E-state index in [2.05, 4.69) is 25.2 Å². The zero-order valence-electron chi connectivity index (χ0n) is 12.9. The lowest BCUT2D eigenvalue weighted by molar-refractivity contribution is 0.0672. The summed E-state index contributed by atoms with van der Waals surface area (Å²) in [6.07, 6.45) is 3.55. The van der Waals surface area contributed by atoms with Crippen LogP contribution in [-0.2, 0) is 0 Å². The number of hydrogen-bond acceptors (Lipinski definition) is 2. The average Bonchev–Trinajstić information content (AvgIpc) is 2.48. The Morgan fingerprint density at radius 2 is 2.20 bits per heavy atom. The number of likely N-dealkylation sites (tertiary alicyclic amines) is 1. The van der Waals surface area contributed by atoms with Crippen molar-refractivity contribution in [3.05, 3.63) is 29.3 Å². The van der Waals surface area contributed by atoms with E-state index in [1.54, 1.807) is 0 Å². The number of piperidine rings is 1. The predicted octanol–water partition coefficient (Wildman–Crippen LogP) is 3.69. The Hall–Kier alpha value is -1.51.